The van der Waals surface area contributed by atoms with Crippen LogP contribution in [-0.2, 0) is 0 Å². The summed E-state index contributed by atoms with van der Waals surface area (Å²) < 4.78 is 0. The molecule has 1 N–H and O–H groups in total. The minimum absolute atomic E-state index is 0.338. The molecule has 0 aromatic carbocycles. The van der Waals surface area contributed by atoms with E-state index in [1.165, 1.54) is 0 Å². The lowest BCUT2D eigenvalue weighted by atomic mass is 9.97. The number of hydrogen-bond donors (Lipinski definition) is 1. The van der Waals surface area contributed by atoms with E-state index in [2.05, 4.69) is 31.8 Å². The molecule has 0 spiro atoms. The van der Waals surface area contributed by atoms with Gasteiger partial charge in [-0.25, -0.2) is 0 Å². The highest BCUT2D eigenvalue weighted by Gasteiger charge is 2.09. The first kappa shape index (κ1) is 8.16. The van der Waals surface area contributed by atoms with Crippen molar-refractivity contribution in [3.8, 4) is 0 Å². The monoisotopic (exact) mass is 149 g/mol. The molecule has 11 heavy (non-hydrogen) atoms. The molecule has 1 heteroatoms. The minimum Gasteiger partial charge on any atom is -0.378 e. The van der Waals surface area contributed by atoms with Crippen molar-refractivity contribution in [1.82, 2.24) is 5.32 Å². The zero-order chi connectivity index (χ0) is 8.32. The summed E-state index contributed by atoms with van der Waals surface area (Å²) >= 11 is 0. The molecule has 1 nitrogen and oxygen atoms in total. The summed E-state index contributed by atoms with van der Waals surface area (Å²) in [5, 5.41) is 3.31. The second kappa shape index (κ2) is 2.98. The standard InChI is InChI=1S/C10H15N/c1-10(2,3)8-11-9-6-4-5-7-9/h4-6,11H,8H2,1-3H3. The third kappa shape index (κ3) is 3.10. The van der Waals surface area contributed by atoms with Gasteiger partial charge < -0.3 is 5.32 Å². The van der Waals surface area contributed by atoms with E-state index in [9.17, 15) is 0 Å². The van der Waals surface area contributed by atoms with Gasteiger partial charge in [0.25, 0.3) is 0 Å². The molecule has 0 aliphatic heterocycles. The van der Waals surface area contributed by atoms with E-state index in [0.717, 1.165) is 12.2 Å². The fourth-order valence-corrected chi connectivity index (χ4v) is 0.801. The summed E-state index contributed by atoms with van der Waals surface area (Å²) in [4.78, 5) is 0. The molecule has 1 aliphatic rings. The Morgan fingerprint density at radius 2 is 2.18 bits per heavy atom. The van der Waals surface area contributed by atoms with E-state index in [-0.39, 0.29) is 0 Å². The zero-order valence-corrected chi connectivity index (χ0v) is 7.44. The van der Waals surface area contributed by atoms with E-state index in [1.54, 1.807) is 0 Å². The fourth-order valence-electron chi connectivity index (χ4n) is 0.801. The van der Waals surface area contributed by atoms with Crippen LogP contribution in [0.1, 0.15) is 20.8 Å². The Kier molecular flexibility index (Phi) is 2.21. The number of nitrogens with one attached hydrogen (secondary N) is 1. The van der Waals surface area contributed by atoms with Gasteiger partial charge in [-0.1, -0.05) is 32.6 Å². The van der Waals surface area contributed by atoms with Crippen molar-refractivity contribution < 1.29 is 0 Å². The Labute approximate surface area is 68.5 Å². The molecule has 0 bridgehead atoms. The van der Waals surface area contributed by atoms with Crippen molar-refractivity contribution in [2.75, 3.05) is 6.54 Å². The van der Waals surface area contributed by atoms with Crippen LogP contribution in [0, 0.1) is 5.41 Å². The SMILES string of the molecule is CC(C)(C)CNC1=C=CC=C1. The Bertz CT molecular complexity index is 222. The number of hydrogen-bond acceptors (Lipinski definition) is 1. The maximum Gasteiger partial charge on any atom is 0.0773 e. The van der Waals surface area contributed by atoms with Crippen molar-refractivity contribution >= 4 is 0 Å². The Morgan fingerprint density at radius 3 is 2.64 bits per heavy atom. The van der Waals surface area contributed by atoms with Crippen LogP contribution < -0.4 is 5.32 Å². The normalized spacial score (nSPS) is 15.4. The molecule has 0 fully saturated rings. The molecule has 0 atom stereocenters. The van der Waals surface area contributed by atoms with Crippen LogP contribution in [-0.4, -0.2) is 6.54 Å². The lowest BCUT2D eigenvalue weighted by Crippen LogP contribution is -2.25. The van der Waals surface area contributed by atoms with Crippen LogP contribution in [0.4, 0.5) is 0 Å². The molecule has 0 saturated heterocycles. The molecule has 1 rings (SSSR count). The average molecular weight is 149 g/mol. The lowest BCUT2D eigenvalue weighted by Gasteiger charge is -2.18. The molecule has 0 unspecified atom stereocenters. The smallest absolute Gasteiger partial charge is 0.0773 e. The van der Waals surface area contributed by atoms with Gasteiger partial charge in [0.2, 0.25) is 0 Å². The van der Waals surface area contributed by atoms with Crippen molar-refractivity contribution in [1.29, 1.82) is 0 Å². The summed E-state index contributed by atoms with van der Waals surface area (Å²) in [7, 11) is 0. The summed E-state index contributed by atoms with van der Waals surface area (Å²) in [6.07, 6.45) is 5.95. The third-order valence-electron chi connectivity index (χ3n) is 1.41. The van der Waals surface area contributed by atoms with Gasteiger partial charge in [0.05, 0.1) is 5.70 Å². The van der Waals surface area contributed by atoms with Crippen LogP contribution in [0.15, 0.2) is 29.7 Å². The Balaban J connectivity index is 2.34. The van der Waals surface area contributed by atoms with Gasteiger partial charge in [0.1, 0.15) is 0 Å². The molecule has 0 aromatic heterocycles. The van der Waals surface area contributed by atoms with Gasteiger partial charge in [0, 0.05) is 6.54 Å². The van der Waals surface area contributed by atoms with E-state index in [0.29, 0.717) is 5.41 Å². The Morgan fingerprint density at radius 1 is 1.45 bits per heavy atom. The first-order valence-electron chi connectivity index (χ1n) is 3.95. The van der Waals surface area contributed by atoms with Gasteiger partial charge in [0.15, 0.2) is 0 Å². The molecule has 0 aromatic rings. The second-order valence-electron chi connectivity index (χ2n) is 4.00. The highest BCUT2D eigenvalue weighted by atomic mass is 14.9. The van der Waals surface area contributed by atoms with Gasteiger partial charge in [-0.15, -0.1) is 0 Å². The second-order valence-corrected chi connectivity index (χ2v) is 4.00. The first-order chi connectivity index (χ1) is 5.08. The highest BCUT2D eigenvalue weighted by molar-refractivity contribution is 5.27. The van der Waals surface area contributed by atoms with Crippen LogP contribution in [0.3, 0.4) is 0 Å². The molecular formula is C10H15N. The van der Waals surface area contributed by atoms with Crippen molar-refractivity contribution in [3.63, 3.8) is 0 Å². The maximum atomic E-state index is 3.31. The third-order valence-corrected chi connectivity index (χ3v) is 1.41. The predicted octanol–water partition coefficient (Wildman–Crippen LogP) is 2.23. The summed E-state index contributed by atoms with van der Waals surface area (Å²) in [6.45, 7) is 7.63. The molecular weight excluding hydrogens is 134 g/mol. The van der Waals surface area contributed by atoms with E-state index >= 15 is 0 Å². The van der Waals surface area contributed by atoms with Crippen molar-refractivity contribution in [3.05, 3.63) is 29.7 Å². The minimum atomic E-state index is 0.338. The average Bonchev–Trinajstić information content (AvgIpc) is 2.32. The molecule has 0 radical (unpaired) electrons. The molecule has 0 saturated carbocycles. The lowest BCUT2D eigenvalue weighted by molar-refractivity contribution is 0.399. The largest absolute Gasteiger partial charge is 0.378 e. The highest BCUT2D eigenvalue weighted by Crippen LogP contribution is 2.11. The van der Waals surface area contributed by atoms with Gasteiger partial charge in [-0.2, -0.15) is 0 Å². The molecule has 1 aliphatic carbocycles. The summed E-state index contributed by atoms with van der Waals surface area (Å²) in [5.41, 5.74) is 4.53. The van der Waals surface area contributed by atoms with Gasteiger partial charge >= 0.3 is 0 Å². The van der Waals surface area contributed by atoms with Gasteiger partial charge in [-0.05, 0) is 17.6 Å². The van der Waals surface area contributed by atoms with Crippen molar-refractivity contribution in [2.24, 2.45) is 5.41 Å². The number of rotatable bonds is 2. The van der Waals surface area contributed by atoms with Crippen LogP contribution >= 0.6 is 0 Å². The van der Waals surface area contributed by atoms with E-state index in [4.69, 9.17) is 0 Å². The topological polar surface area (TPSA) is 12.0 Å². The summed E-state index contributed by atoms with van der Waals surface area (Å²) in [5.74, 6) is 0. The van der Waals surface area contributed by atoms with Crippen molar-refractivity contribution in [2.45, 2.75) is 20.8 Å². The predicted molar refractivity (Wildman–Crippen MR) is 48.2 cm³/mol. The molecule has 60 valence electrons. The number of allylic oxidation sites excluding steroid dienone is 2. The maximum absolute atomic E-state index is 3.31. The van der Waals surface area contributed by atoms with E-state index in [1.807, 2.05) is 18.2 Å². The summed E-state index contributed by atoms with van der Waals surface area (Å²) in [6, 6.07) is 0. The molecule has 0 amide bonds. The van der Waals surface area contributed by atoms with Gasteiger partial charge in [-0.3, -0.25) is 0 Å². The zero-order valence-electron chi connectivity index (χ0n) is 7.44. The van der Waals surface area contributed by atoms with Crippen LogP contribution in [0.25, 0.3) is 0 Å². The molecule has 0 heterocycles. The van der Waals surface area contributed by atoms with E-state index < -0.39 is 0 Å². The van der Waals surface area contributed by atoms with Crippen LogP contribution in [0.5, 0.6) is 0 Å². The van der Waals surface area contributed by atoms with Crippen LogP contribution in [0.2, 0.25) is 0 Å². The fraction of sp³-hybridized carbons (Fsp3) is 0.500. The first-order valence-corrected chi connectivity index (χ1v) is 3.95. The quantitative estimate of drug-likeness (QED) is 0.594. The Hall–Kier alpha value is -0.940.